The lowest BCUT2D eigenvalue weighted by atomic mass is 9.92. The third-order valence-electron chi connectivity index (χ3n) is 5.13. The predicted molar refractivity (Wildman–Crippen MR) is 134 cm³/mol. The van der Waals surface area contributed by atoms with E-state index in [1.54, 1.807) is 42.6 Å². The second-order valence-corrected chi connectivity index (χ2v) is 8.09. The highest BCUT2D eigenvalue weighted by atomic mass is 16.1. The van der Waals surface area contributed by atoms with Crippen molar-refractivity contribution >= 4 is 29.6 Å². The van der Waals surface area contributed by atoms with Crippen LogP contribution in [0, 0.1) is 30.6 Å². The van der Waals surface area contributed by atoms with Crippen molar-refractivity contribution in [2.45, 2.75) is 33.6 Å². The van der Waals surface area contributed by atoms with Crippen LogP contribution in [0.2, 0.25) is 0 Å². The first-order valence-electron chi connectivity index (χ1n) is 10.7. The fourth-order valence-corrected chi connectivity index (χ4v) is 3.76. The van der Waals surface area contributed by atoms with E-state index in [2.05, 4.69) is 21.7 Å². The molecule has 3 N–H and O–H groups in total. The molecule has 1 aromatic heterocycles. The first kappa shape index (κ1) is 23.4. The van der Waals surface area contributed by atoms with Gasteiger partial charge in [-0.05, 0) is 79.4 Å². The van der Waals surface area contributed by atoms with Crippen molar-refractivity contribution in [3.63, 3.8) is 0 Å². The molecule has 1 heterocycles. The number of carbonyl (C=O) groups excluding carboxylic acids is 1. The number of nitrogens with one attached hydrogen (secondary N) is 3. The zero-order valence-corrected chi connectivity index (χ0v) is 19.2. The molecule has 0 unspecified atom stereocenters. The molecule has 0 aliphatic carbocycles. The van der Waals surface area contributed by atoms with E-state index in [1.807, 2.05) is 45.9 Å². The standard InChI is InChI=1S/C27H27N5O/c1-17(2)26-22(16-29)6-5-7-24(26)27(33)32-23-9-8-21(15-28)25(14-23)30-11-10-20-12-18(3)31-19(4)13-20/h5-15,17,28,30H,1-4H3,(H,32,33)/b11-10+,28-15?. The van der Waals surface area contributed by atoms with Gasteiger partial charge in [0.2, 0.25) is 0 Å². The maximum atomic E-state index is 13.0. The number of carbonyl (C=O) groups is 1. The Labute approximate surface area is 194 Å². The van der Waals surface area contributed by atoms with Gasteiger partial charge in [0.25, 0.3) is 5.91 Å². The van der Waals surface area contributed by atoms with Gasteiger partial charge in [-0.3, -0.25) is 9.78 Å². The molecule has 166 valence electrons. The lowest BCUT2D eigenvalue weighted by Gasteiger charge is -2.15. The Balaban J connectivity index is 1.84. The van der Waals surface area contributed by atoms with E-state index in [0.717, 1.165) is 22.5 Å². The molecule has 0 saturated heterocycles. The molecule has 3 aromatic rings. The minimum atomic E-state index is -0.275. The lowest BCUT2D eigenvalue weighted by molar-refractivity contribution is 0.102. The monoisotopic (exact) mass is 437 g/mol. The van der Waals surface area contributed by atoms with Crippen molar-refractivity contribution in [1.29, 1.82) is 10.7 Å². The summed E-state index contributed by atoms with van der Waals surface area (Å²) >= 11 is 0. The number of anilines is 2. The van der Waals surface area contributed by atoms with E-state index in [-0.39, 0.29) is 11.8 Å². The molecule has 0 radical (unpaired) electrons. The summed E-state index contributed by atoms with van der Waals surface area (Å²) in [4.78, 5) is 17.4. The zero-order chi connectivity index (χ0) is 24.0. The average molecular weight is 438 g/mol. The predicted octanol–water partition coefficient (Wildman–Crippen LogP) is 6.03. The Morgan fingerprint density at radius 2 is 1.85 bits per heavy atom. The second-order valence-electron chi connectivity index (χ2n) is 8.09. The Morgan fingerprint density at radius 1 is 1.12 bits per heavy atom. The zero-order valence-electron chi connectivity index (χ0n) is 19.2. The van der Waals surface area contributed by atoms with Crippen molar-refractivity contribution in [2.24, 2.45) is 0 Å². The molecule has 0 bridgehead atoms. The van der Waals surface area contributed by atoms with Gasteiger partial charge < -0.3 is 16.0 Å². The molecule has 3 rings (SSSR count). The van der Waals surface area contributed by atoms with Gasteiger partial charge in [0.05, 0.1) is 11.6 Å². The van der Waals surface area contributed by atoms with Gasteiger partial charge in [-0.25, -0.2) is 0 Å². The van der Waals surface area contributed by atoms with Crippen molar-refractivity contribution in [1.82, 2.24) is 4.98 Å². The topological polar surface area (TPSA) is 102 Å². The molecule has 6 nitrogen and oxygen atoms in total. The van der Waals surface area contributed by atoms with Crippen LogP contribution in [0.3, 0.4) is 0 Å². The van der Waals surface area contributed by atoms with Crippen LogP contribution in [-0.2, 0) is 0 Å². The molecule has 0 aliphatic rings. The molecule has 0 saturated carbocycles. The highest BCUT2D eigenvalue weighted by Gasteiger charge is 2.18. The van der Waals surface area contributed by atoms with Crippen LogP contribution in [-0.4, -0.2) is 17.1 Å². The minimum Gasteiger partial charge on any atom is -0.361 e. The van der Waals surface area contributed by atoms with E-state index in [0.29, 0.717) is 28.1 Å². The smallest absolute Gasteiger partial charge is 0.255 e. The Morgan fingerprint density at radius 3 is 2.48 bits per heavy atom. The minimum absolute atomic E-state index is 0.0321. The number of nitrogens with zero attached hydrogens (tertiary/aromatic N) is 2. The Bertz CT molecular complexity index is 1250. The molecule has 33 heavy (non-hydrogen) atoms. The van der Waals surface area contributed by atoms with Gasteiger partial charge in [0, 0.05) is 46.3 Å². The third kappa shape index (κ3) is 5.72. The van der Waals surface area contributed by atoms with Gasteiger partial charge in [-0.1, -0.05) is 19.9 Å². The average Bonchev–Trinajstić information content (AvgIpc) is 2.78. The quantitative estimate of drug-likeness (QED) is 0.393. The largest absolute Gasteiger partial charge is 0.361 e. The number of nitriles is 1. The number of rotatable bonds is 7. The number of hydrogen-bond donors (Lipinski definition) is 3. The lowest BCUT2D eigenvalue weighted by Crippen LogP contribution is -2.16. The summed E-state index contributed by atoms with van der Waals surface area (Å²) in [5, 5.41) is 23.3. The van der Waals surface area contributed by atoms with Gasteiger partial charge >= 0.3 is 0 Å². The fraction of sp³-hybridized carbons (Fsp3) is 0.185. The van der Waals surface area contributed by atoms with E-state index in [4.69, 9.17) is 5.41 Å². The van der Waals surface area contributed by atoms with Gasteiger partial charge in [-0.15, -0.1) is 0 Å². The molecule has 0 atom stereocenters. The van der Waals surface area contributed by atoms with Crippen molar-refractivity contribution in [3.8, 4) is 6.07 Å². The molecule has 1 amide bonds. The number of benzene rings is 2. The number of hydrogen-bond acceptors (Lipinski definition) is 5. The summed E-state index contributed by atoms with van der Waals surface area (Å²) in [5.41, 5.74) is 6.61. The molecule has 0 aliphatic heterocycles. The third-order valence-corrected chi connectivity index (χ3v) is 5.13. The maximum Gasteiger partial charge on any atom is 0.255 e. The molecular weight excluding hydrogens is 410 g/mol. The van der Waals surface area contributed by atoms with Crippen LogP contribution in [0.25, 0.3) is 6.08 Å². The molecule has 0 fully saturated rings. The summed E-state index contributed by atoms with van der Waals surface area (Å²) in [5.74, 6) is -0.243. The maximum absolute atomic E-state index is 13.0. The molecule has 6 heteroatoms. The van der Waals surface area contributed by atoms with E-state index in [1.165, 1.54) is 6.21 Å². The van der Waals surface area contributed by atoms with Gasteiger partial charge in [0.15, 0.2) is 0 Å². The highest BCUT2D eigenvalue weighted by molar-refractivity contribution is 6.06. The van der Waals surface area contributed by atoms with Crippen LogP contribution in [0.1, 0.15) is 63.8 Å². The van der Waals surface area contributed by atoms with E-state index < -0.39 is 0 Å². The Hall–Kier alpha value is -4.24. The van der Waals surface area contributed by atoms with Crippen LogP contribution >= 0.6 is 0 Å². The van der Waals surface area contributed by atoms with Crippen LogP contribution in [0.5, 0.6) is 0 Å². The van der Waals surface area contributed by atoms with Crippen molar-refractivity contribution in [2.75, 3.05) is 10.6 Å². The number of aromatic nitrogens is 1. The first-order valence-corrected chi connectivity index (χ1v) is 10.7. The van der Waals surface area contributed by atoms with Gasteiger partial charge in [0.1, 0.15) is 0 Å². The SMILES string of the molecule is Cc1cc(/C=C/Nc2cc(NC(=O)c3cccc(C#N)c3C(C)C)ccc2C=N)cc(C)n1. The van der Waals surface area contributed by atoms with Crippen molar-refractivity contribution in [3.05, 3.63) is 93.9 Å². The molecule has 0 spiro atoms. The number of aryl methyl sites for hydroxylation is 2. The molecular formula is C27H27N5O. The Kier molecular flexibility index (Phi) is 7.37. The summed E-state index contributed by atoms with van der Waals surface area (Å²) in [6.45, 7) is 7.83. The summed E-state index contributed by atoms with van der Waals surface area (Å²) < 4.78 is 0. The van der Waals surface area contributed by atoms with Crippen LogP contribution < -0.4 is 10.6 Å². The number of pyridine rings is 1. The number of amides is 1. The van der Waals surface area contributed by atoms with Crippen LogP contribution in [0.15, 0.2) is 54.7 Å². The highest BCUT2D eigenvalue weighted by Crippen LogP contribution is 2.26. The molecule has 2 aromatic carbocycles. The second kappa shape index (κ2) is 10.4. The van der Waals surface area contributed by atoms with Crippen molar-refractivity contribution < 1.29 is 4.79 Å². The fourth-order valence-electron chi connectivity index (χ4n) is 3.76. The summed E-state index contributed by atoms with van der Waals surface area (Å²) in [6, 6.07) is 16.6. The van der Waals surface area contributed by atoms with Gasteiger partial charge in [-0.2, -0.15) is 5.26 Å². The first-order chi connectivity index (χ1) is 15.8. The van der Waals surface area contributed by atoms with E-state index >= 15 is 0 Å². The summed E-state index contributed by atoms with van der Waals surface area (Å²) in [6.07, 6.45) is 4.99. The summed E-state index contributed by atoms with van der Waals surface area (Å²) in [7, 11) is 0. The van der Waals surface area contributed by atoms with E-state index in [9.17, 15) is 10.1 Å². The van der Waals surface area contributed by atoms with Crippen LogP contribution in [0.4, 0.5) is 11.4 Å². The normalized spacial score (nSPS) is 10.8.